The van der Waals surface area contributed by atoms with Gasteiger partial charge in [0.15, 0.2) is 0 Å². The van der Waals surface area contributed by atoms with E-state index >= 15 is 0 Å². The molecule has 3 nitrogen and oxygen atoms in total. The summed E-state index contributed by atoms with van der Waals surface area (Å²) in [5, 5.41) is 14.0. The van der Waals surface area contributed by atoms with E-state index in [0.29, 0.717) is 11.7 Å². The number of phenolic OH excluding ortho intramolecular Hbond substituents is 1. The Morgan fingerprint density at radius 2 is 2.35 bits per heavy atom. The molecule has 1 atom stereocenters. The Bertz CT molecular complexity index is 544. The summed E-state index contributed by atoms with van der Waals surface area (Å²) in [4.78, 5) is 3.47. The first-order chi connectivity index (χ1) is 8.28. The molecule has 90 valence electrons. The Kier molecular flexibility index (Phi) is 2.56. The van der Waals surface area contributed by atoms with Gasteiger partial charge < -0.3 is 15.4 Å². The minimum absolute atomic E-state index is 0.357. The van der Waals surface area contributed by atoms with Crippen molar-refractivity contribution >= 4 is 10.9 Å². The van der Waals surface area contributed by atoms with Crippen LogP contribution in [0.1, 0.15) is 17.7 Å². The van der Waals surface area contributed by atoms with E-state index in [9.17, 15) is 5.11 Å². The van der Waals surface area contributed by atoms with Crippen LogP contribution in [0.4, 0.5) is 0 Å². The van der Waals surface area contributed by atoms with Crippen LogP contribution in [0.3, 0.4) is 0 Å². The molecule has 0 amide bonds. The van der Waals surface area contributed by atoms with Crippen LogP contribution in [0.25, 0.3) is 10.9 Å². The van der Waals surface area contributed by atoms with Crippen molar-refractivity contribution in [3.63, 3.8) is 0 Å². The third-order valence-corrected chi connectivity index (χ3v) is 3.77. The maximum atomic E-state index is 9.59. The zero-order valence-electron chi connectivity index (χ0n) is 10.1. The van der Waals surface area contributed by atoms with Crippen molar-refractivity contribution in [1.29, 1.82) is 0 Å². The Hall–Kier alpha value is -1.48. The van der Waals surface area contributed by atoms with Crippen LogP contribution in [0.2, 0.25) is 0 Å². The molecule has 3 heteroatoms. The lowest BCUT2D eigenvalue weighted by atomic mass is 9.86. The van der Waals surface area contributed by atoms with Crippen LogP contribution in [0.15, 0.2) is 18.2 Å². The molecule has 1 aliphatic rings. The van der Waals surface area contributed by atoms with E-state index in [-0.39, 0.29) is 0 Å². The number of aromatic nitrogens is 1. The lowest BCUT2D eigenvalue weighted by molar-refractivity contribution is 0.439. The maximum Gasteiger partial charge on any atom is 0.116 e. The second-order valence-corrected chi connectivity index (χ2v) is 4.98. The van der Waals surface area contributed by atoms with E-state index in [4.69, 9.17) is 0 Å². The third-order valence-electron chi connectivity index (χ3n) is 3.77. The van der Waals surface area contributed by atoms with E-state index in [1.54, 1.807) is 6.07 Å². The number of H-pyrrole nitrogens is 1. The number of phenols is 1. The lowest BCUT2D eigenvalue weighted by Crippen LogP contribution is -2.24. The van der Waals surface area contributed by atoms with Crippen molar-refractivity contribution in [1.82, 2.24) is 10.3 Å². The molecule has 1 aromatic carbocycles. The molecule has 1 aliphatic carbocycles. The van der Waals surface area contributed by atoms with Gasteiger partial charge in [0.25, 0.3) is 0 Å². The quantitative estimate of drug-likeness (QED) is 0.740. The lowest BCUT2D eigenvalue weighted by Gasteiger charge is -2.22. The molecule has 0 aliphatic heterocycles. The SMILES string of the molecule is CNCC1CCc2[nH]c3ccc(O)cc3c2C1. The van der Waals surface area contributed by atoms with Crippen LogP contribution < -0.4 is 5.32 Å². The van der Waals surface area contributed by atoms with Gasteiger partial charge in [-0.25, -0.2) is 0 Å². The predicted molar refractivity (Wildman–Crippen MR) is 69.4 cm³/mol. The van der Waals surface area contributed by atoms with Gasteiger partial charge in [-0.3, -0.25) is 0 Å². The van der Waals surface area contributed by atoms with Crippen LogP contribution >= 0.6 is 0 Å². The molecule has 3 rings (SSSR count). The highest BCUT2D eigenvalue weighted by Gasteiger charge is 2.21. The molecule has 1 aromatic heterocycles. The van der Waals surface area contributed by atoms with Crippen LogP contribution in [-0.2, 0) is 12.8 Å². The van der Waals surface area contributed by atoms with Gasteiger partial charge in [0.05, 0.1) is 0 Å². The molecular formula is C14H18N2O. The fourth-order valence-electron chi connectivity index (χ4n) is 2.94. The number of benzene rings is 1. The molecular weight excluding hydrogens is 212 g/mol. The highest BCUT2D eigenvalue weighted by atomic mass is 16.3. The van der Waals surface area contributed by atoms with Crippen LogP contribution in [0.5, 0.6) is 5.75 Å². The topological polar surface area (TPSA) is 48.0 Å². The summed E-state index contributed by atoms with van der Waals surface area (Å²) in [6, 6.07) is 5.60. The zero-order valence-corrected chi connectivity index (χ0v) is 10.1. The molecule has 17 heavy (non-hydrogen) atoms. The predicted octanol–water partition coefficient (Wildman–Crippen LogP) is 2.20. The van der Waals surface area contributed by atoms with Gasteiger partial charge in [-0.05, 0) is 62.5 Å². The second kappa shape index (κ2) is 4.08. The maximum absolute atomic E-state index is 9.59. The number of aromatic hydroxyl groups is 1. The fourth-order valence-corrected chi connectivity index (χ4v) is 2.94. The first kappa shape index (κ1) is 10.7. The van der Waals surface area contributed by atoms with Crippen molar-refractivity contribution < 1.29 is 5.11 Å². The minimum atomic E-state index is 0.357. The smallest absolute Gasteiger partial charge is 0.116 e. The van der Waals surface area contributed by atoms with Gasteiger partial charge in [-0.2, -0.15) is 0 Å². The van der Waals surface area contributed by atoms with Crippen molar-refractivity contribution in [3.05, 3.63) is 29.5 Å². The van der Waals surface area contributed by atoms with E-state index < -0.39 is 0 Å². The van der Waals surface area contributed by atoms with Crippen molar-refractivity contribution in [3.8, 4) is 5.75 Å². The minimum Gasteiger partial charge on any atom is -0.508 e. The second-order valence-electron chi connectivity index (χ2n) is 4.98. The Morgan fingerprint density at radius 1 is 1.47 bits per heavy atom. The first-order valence-corrected chi connectivity index (χ1v) is 6.25. The summed E-state index contributed by atoms with van der Waals surface area (Å²) in [5.41, 5.74) is 3.92. The number of fused-ring (bicyclic) bond motifs is 3. The molecule has 3 N–H and O–H groups in total. The Morgan fingerprint density at radius 3 is 3.18 bits per heavy atom. The first-order valence-electron chi connectivity index (χ1n) is 6.25. The molecule has 0 radical (unpaired) electrons. The van der Waals surface area contributed by atoms with Crippen molar-refractivity contribution in [2.75, 3.05) is 13.6 Å². The average molecular weight is 230 g/mol. The van der Waals surface area contributed by atoms with Gasteiger partial charge in [0.1, 0.15) is 5.75 Å². The summed E-state index contributed by atoms with van der Waals surface area (Å²) < 4.78 is 0. The van der Waals surface area contributed by atoms with E-state index in [1.165, 1.54) is 23.1 Å². The summed E-state index contributed by atoms with van der Waals surface area (Å²) >= 11 is 0. The number of aryl methyl sites for hydroxylation is 1. The van der Waals surface area contributed by atoms with Gasteiger partial charge >= 0.3 is 0 Å². The molecule has 2 aromatic rings. The van der Waals surface area contributed by atoms with E-state index in [0.717, 1.165) is 24.9 Å². The van der Waals surface area contributed by atoms with E-state index in [2.05, 4.69) is 10.3 Å². The number of hydrogen-bond donors (Lipinski definition) is 3. The zero-order chi connectivity index (χ0) is 11.8. The summed E-state index contributed by atoms with van der Waals surface area (Å²) in [5.74, 6) is 1.07. The molecule has 0 bridgehead atoms. The number of rotatable bonds is 2. The number of hydrogen-bond acceptors (Lipinski definition) is 2. The molecule has 1 heterocycles. The fraction of sp³-hybridized carbons (Fsp3) is 0.429. The monoisotopic (exact) mass is 230 g/mol. The van der Waals surface area contributed by atoms with Crippen LogP contribution in [0, 0.1) is 5.92 Å². The normalized spacial score (nSPS) is 19.5. The van der Waals surface area contributed by atoms with Crippen molar-refractivity contribution in [2.24, 2.45) is 5.92 Å². The van der Waals surface area contributed by atoms with Crippen LogP contribution in [-0.4, -0.2) is 23.7 Å². The highest BCUT2D eigenvalue weighted by Crippen LogP contribution is 2.33. The summed E-state index contributed by atoms with van der Waals surface area (Å²) in [6.07, 6.45) is 3.48. The molecule has 0 fully saturated rings. The summed E-state index contributed by atoms with van der Waals surface area (Å²) in [6.45, 7) is 1.07. The van der Waals surface area contributed by atoms with E-state index in [1.807, 2.05) is 19.2 Å². The highest BCUT2D eigenvalue weighted by molar-refractivity contribution is 5.86. The number of nitrogens with one attached hydrogen (secondary N) is 2. The number of aromatic amines is 1. The third kappa shape index (κ3) is 1.80. The Labute approximate surface area is 101 Å². The standard InChI is InChI=1S/C14H18N2O/c1-15-8-9-2-4-13-11(6-9)12-7-10(17)3-5-14(12)16-13/h3,5,7,9,15-17H,2,4,6,8H2,1H3. The average Bonchev–Trinajstić information content (AvgIpc) is 2.67. The van der Waals surface area contributed by atoms with Gasteiger partial charge in [0, 0.05) is 16.6 Å². The molecule has 1 unspecified atom stereocenters. The Balaban J connectivity index is 2.04. The van der Waals surface area contributed by atoms with Gasteiger partial charge in [-0.15, -0.1) is 0 Å². The van der Waals surface area contributed by atoms with Crippen molar-refractivity contribution in [2.45, 2.75) is 19.3 Å². The largest absolute Gasteiger partial charge is 0.508 e. The molecule has 0 saturated heterocycles. The van der Waals surface area contributed by atoms with Gasteiger partial charge in [-0.1, -0.05) is 0 Å². The summed E-state index contributed by atoms with van der Waals surface area (Å²) in [7, 11) is 2.01. The van der Waals surface area contributed by atoms with Gasteiger partial charge in [0.2, 0.25) is 0 Å². The molecule has 0 spiro atoms. The molecule has 0 saturated carbocycles.